The second-order valence-electron chi connectivity index (χ2n) is 5.33. The van der Waals surface area contributed by atoms with Crippen LogP contribution in [0.2, 0.25) is 0 Å². The minimum Gasteiger partial charge on any atom is -0.480 e. The molecule has 1 aliphatic heterocycles. The highest BCUT2D eigenvalue weighted by Gasteiger charge is 2.39. The van der Waals surface area contributed by atoms with Crippen molar-refractivity contribution in [1.29, 1.82) is 0 Å². The summed E-state index contributed by atoms with van der Waals surface area (Å²) in [5.74, 6) is -1.25. The van der Waals surface area contributed by atoms with Gasteiger partial charge in [0.25, 0.3) is 0 Å². The fourth-order valence-electron chi connectivity index (χ4n) is 2.64. The molecule has 0 aromatic carbocycles. The Morgan fingerprint density at radius 1 is 1.57 bits per heavy atom. The van der Waals surface area contributed by atoms with Gasteiger partial charge in [0.15, 0.2) is 0 Å². The first-order chi connectivity index (χ1) is 11.1. The predicted octanol–water partition coefficient (Wildman–Crippen LogP) is 1.65. The number of rotatable bonds is 5. The van der Waals surface area contributed by atoms with E-state index in [1.165, 1.54) is 23.3 Å². The Kier molecular flexibility index (Phi) is 4.44. The van der Waals surface area contributed by atoms with E-state index in [2.05, 4.69) is 4.98 Å². The van der Waals surface area contributed by atoms with Gasteiger partial charge in [-0.2, -0.15) is 0 Å². The van der Waals surface area contributed by atoms with E-state index in [1.807, 2.05) is 0 Å². The maximum atomic E-state index is 12.4. The molecule has 1 amide bonds. The molecule has 3 rings (SSSR count). The fourth-order valence-corrected chi connectivity index (χ4v) is 3.45. The molecule has 2 unspecified atom stereocenters. The Morgan fingerprint density at radius 2 is 2.39 bits per heavy atom. The molecule has 23 heavy (non-hydrogen) atoms. The second-order valence-corrected chi connectivity index (χ2v) is 6.18. The molecular weight excluding hydrogens is 320 g/mol. The Hall–Kier alpha value is -2.19. The van der Waals surface area contributed by atoms with Crippen LogP contribution in [-0.4, -0.2) is 52.7 Å². The van der Waals surface area contributed by atoms with E-state index in [4.69, 9.17) is 9.15 Å². The number of hydrogen-bond acceptors (Lipinski definition) is 6. The summed E-state index contributed by atoms with van der Waals surface area (Å²) < 4.78 is 10.2. The number of carboxylic acids is 1. The lowest BCUT2D eigenvalue weighted by Crippen LogP contribution is -2.41. The molecule has 0 saturated carbocycles. The quantitative estimate of drug-likeness (QED) is 0.892. The number of carboxylic acid groups (broad SMARTS) is 1. The number of aromatic nitrogens is 1. The van der Waals surface area contributed by atoms with Gasteiger partial charge in [-0.05, 0) is 6.07 Å². The van der Waals surface area contributed by atoms with Crippen molar-refractivity contribution in [3.8, 4) is 10.6 Å². The van der Waals surface area contributed by atoms with Crippen LogP contribution in [0, 0.1) is 0 Å². The van der Waals surface area contributed by atoms with E-state index in [1.54, 1.807) is 24.0 Å². The van der Waals surface area contributed by atoms with Gasteiger partial charge in [0.05, 0.1) is 24.5 Å². The molecule has 0 radical (unpaired) electrons. The van der Waals surface area contributed by atoms with Gasteiger partial charge < -0.3 is 19.2 Å². The molecule has 3 heterocycles. The highest BCUT2D eigenvalue weighted by Crippen LogP contribution is 2.25. The first kappa shape index (κ1) is 15.7. The number of hydrogen-bond donors (Lipinski definition) is 1. The van der Waals surface area contributed by atoms with Crippen LogP contribution in [0.25, 0.3) is 10.6 Å². The monoisotopic (exact) mass is 336 g/mol. The number of likely N-dealkylation sites (tertiary alicyclic amines) is 1. The first-order valence-electron chi connectivity index (χ1n) is 7.10. The highest BCUT2D eigenvalue weighted by atomic mass is 32.1. The van der Waals surface area contributed by atoms with Crippen molar-refractivity contribution < 1.29 is 23.8 Å². The Labute approximate surface area is 136 Å². The van der Waals surface area contributed by atoms with Crippen LogP contribution in [0.5, 0.6) is 0 Å². The van der Waals surface area contributed by atoms with Crippen LogP contribution in [0.1, 0.15) is 12.1 Å². The number of carbonyl (C=O) groups is 2. The SMILES string of the molecule is COC1CC(C(=O)O)N(C(=O)Cc2csc(-c3ccoc3)n2)C1. The summed E-state index contributed by atoms with van der Waals surface area (Å²) in [6.45, 7) is 0.297. The number of thiazole rings is 1. The molecule has 2 aromatic rings. The summed E-state index contributed by atoms with van der Waals surface area (Å²) in [5.41, 5.74) is 1.49. The third-order valence-electron chi connectivity index (χ3n) is 3.85. The maximum Gasteiger partial charge on any atom is 0.326 e. The zero-order chi connectivity index (χ0) is 16.4. The number of methoxy groups -OCH3 is 1. The number of aliphatic carboxylic acids is 1. The minimum absolute atomic E-state index is 0.0779. The zero-order valence-corrected chi connectivity index (χ0v) is 13.3. The van der Waals surface area contributed by atoms with E-state index < -0.39 is 12.0 Å². The minimum atomic E-state index is -1.00. The number of amides is 1. The summed E-state index contributed by atoms with van der Waals surface area (Å²) in [5, 5.41) is 11.8. The molecule has 0 aliphatic carbocycles. The van der Waals surface area contributed by atoms with Gasteiger partial charge in [-0.25, -0.2) is 9.78 Å². The molecule has 122 valence electrons. The van der Waals surface area contributed by atoms with Crippen molar-refractivity contribution in [2.24, 2.45) is 0 Å². The van der Waals surface area contributed by atoms with Crippen molar-refractivity contribution in [2.45, 2.75) is 25.0 Å². The first-order valence-corrected chi connectivity index (χ1v) is 7.98. The standard InChI is InChI=1S/C15H16N2O5S/c1-21-11-5-12(15(19)20)17(6-11)13(18)4-10-8-23-14(16-10)9-2-3-22-7-9/h2-3,7-8,11-12H,4-6H2,1H3,(H,19,20). The van der Waals surface area contributed by atoms with Crippen molar-refractivity contribution in [3.63, 3.8) is 0 Å². The number of carbonyl (C=O) groups excluding carboxylic acids is 1. The third-order valence-corrected chi connectivity index (χ3v) is 4.79. The van der Waals surface area contributed by atoms with Crippen LogP contribution in [0.15, 0.2) is 28.4 Å². The number of nitrogens with zero attached hydrogens (tertiary/aromatic N) is 2. The van der Waals surface area contributed by atoms with Crippen LogP contribution in [0.3, 0.4) is 0 Å². The van der Waals surface area contributed by atoms with Crippen LogP contribution < -0.4 is 0 Å². The molecule has 1 aliphatic rings. The van der Waals surface area contributed by atoms with Crippen LogP contribution in [0.4, 0.5) is 0 Å². The van der Waals surface area contributed by atoms with Gasteiger partial charge in [-0.1, -0.05) is 0 Å². The predicted molar refractivity (Wildman–Crippen MR) is 82.1 cm³/mol. The topological polar surface area (TPSA) is 92.9 Å². The fraction of sp³-hybridized carbons (Fsp3) is 0.400. The summed E-state index contributed by atoms with van der Waals surface area (Å²) in [6, 6.07) is 0.966. The smallest absolute Gasteiger partial charge is 0.326 e. The van der Waals surface area contributed by atoms with Crippen molar-refractivity contribution >= 4 is 23.2 Å². The van der Waals surface area contributed by atoms with Crippen molar-refractivity contribution in [1.82, 2.24) is 9.88 Å². The lowest BCUT2D eigenvalue weighted by atomic mass is 10.2. The third kappa shape index (κ3) is 3.27. The molecule has 8 heteroatoms. The summed E-state index contributed by atoms with van der Waals surface area (Å²) in [7, 11) is 1.52. The molecule has 1 N–H and O–H groups in total. The summed E-state index contributed by atoms with van der Waals surface area (Å²) in [6.07, 6.45) is 3.31. The average molecular weight is 336 g/mol. The molecule has 2 atom stereocenters. The Morgan fingerprint density at radius 3 is 3.04 bits per heavy atom. The molecule has 1 fully saturated rings. The van der Waals surface area contributed by atoms with Gasteiger partial charge in [0, 0.05) is 31.0 Å². The molecule has 0 spiro atoms. The van der Waals surface area contributed by atoms with E-state index >= 15 is 0 Å². The van der Waals surface area contributed by atoms with Gasteiger partial charge in [0.1, 0.15) is 17.3 Å². The van der Waals surface area contributed by atoms with Crippen molar-refractivity contribution in [3.05, 3.63) is 29.7 Å². The Balaban J connectivity index is 1.70. The highest BCUT2D eigenvalue weighted by molar-refractivity contribution is 7.13. The largest absolute Gasteiger partial charge is 0.480 e. The normalized spacial score (nSPS) is 20.8. The van der Waals surface area contributed by atoms with E-state index in [0.29, 0.717) is 18.7 Å². The van der Waals surface area contributed by atoms with Gasteiger partial charge in [-0.15, -0.1) is 11.3 Å². The van der Waals surface area contributed by atoms with E-state index in [9.17, 15) is 14.7 Å². The summed E-state index contributed by atoms with van der Waals surface area (Å²) >= 11 is 1.42. The average Bonchev–Trinajstić information content (AvgIpc) is 3.26. The van der Waals surface area contributed by atoms with Gasteiger partial charge in [-0.3, -0.25) is 4.79 Å². The number of ether oxygens (including phenoxy) is 1. The molecule has 1 saturated heterocycles. The molecular formula is C15H16N2O5S. The van der Waals surface area contributed by atoms with Crippen LogP contribution >= 0.6 is 11.3 Å². The van der Waals surface area contributed by atoms with E-state index in [-0.39, 0.29) is 18.4 Å². The van der Waals surface area contributed by atoms with Gasteiger partial charge in [0.2, 0.25) is 5.91 Å². The Bertz CT molecular complexity index is 697. The van der Waals surface area contributed by atoms with Crippen LogP contribution in [-0.2, 0) is 20.7 Å². The second kappa shape index (κ2) is 6.51. The molecule has 7 nitrogen and oxygen atoms in total. The molecule has 2 aromatic heterocycles. The lowest BCUT2D eigenvalue weighted by molar-refractivity contribution is -0.148. The van der Waals surface area contributed by atoms with Crippen molar-refractivity contribution in [2.75, 3.05) is 13.7 Å². The zero-order valence-electron chi connectivity index (χ0n) is 12.5. The summed E-state index contributed by atoms with van der Waals surface area (Å²) in [4.78, 5) is 29.5. The molecule has 0 bridgehead atoms. The van der Waals surface area contributed by atoms with Gasteiger partial charge >= 0.3 is 5.97 Å². The lowest BCUT2D eigenvalue weighted by Gasteiger charge is -2.20. The van der Waals surface area contributed by atoms with E-state index in [0.717, 1.165) is 10.6 Å². The maximum absolute atomic E-state index is 12.4. The number of furan rings is 1.